The molecule has 1 fully saturated rings. The Bertz CT molecular complexity index is 1320. The molecule has 3 heterocycles. The summed E-state index contributed by atoms with van der Waals surface area (Å²) < 4.78 is 17.5. The van der Waals surface area contributed by atoms with Crippen molar-refractivity contribution in [2.75, 3.05) is 40.4 Å². The van der Waals surface area contributed by atoms with E-state index in [1.54, 1.807) is 47.2 Å². The van der Waals surface area contributed by atoms with Crippen LogP contribution in [0, 0.1) is 0 Å². The van der Waals surface area contributed by atoms with Gasteiger partial charge in [0.25, 0.3) is 11.8 Å². The summed E-state index contributed by atoms with van der Waals surface area (Å²) in [6.45, 7) is 1.72. The summed E-state index contributed by atoms with van der Waals surface area (Å²) in [6, 6.07) is 16.4. The van der Waals surface area contributed by atoms with Crippen molar-refractivity contribution in [3.63, 3.8) is 0 Å². The summed E-state index contributed by atoms with van der Waals surface area (Å²) in [4.78, 5) is 34.0. The number of piperazine rings is 1. The number of benzene rings is 2. The van der Waals surface area contributed by atoms with Gasteiger partial charge in [-0.2, -0.15) is 0 Å². The summed E-state index contributed by atoms with van der Waals surface area (Å²) in [5.74, 6) is 1.62. The molecule has 1 aliphatic heterocycles. The first-order chi connectivity index (χ1) is 16.6. The Morgan fingerprint density at radius 2 is 1.59 bits per heavy atom. The summed E-state index contributed by atoms with van der Waals surface area (Å²) in [7, 11) is 3.09. The molecule has 4 aromatic rings. The topological polar surface area (TPSA) is 85.1 Å². The van der Waals surface area contributed by atoms with Crippen molar-refractivity contribution < 1.29 is 23.5 Å². The van der Waals surface area contributed by atoms with Gasteiger partial charge in [0.2, 0.25) is 0 Å². The highest BCUT2D eigenvalue weighted by Crippen LogP contribution is 2.32. The van der Waals surface area contributed by atoms with Gasteiger partial charge in [-0.25, -0.2) is 4.98 Å². The molecule has 2 amide bonds. The minimum absolute atomic E-state index is 0.107. The molecule has 1 aliphatic rings. The number of aromatic nitrogens is 1. The van der Waals surface area contributed by atoms with Crippen LogP contribution in [-0.4, -0.2) is 67.0 Å². The van der Waals surface area contributed by atoms with E-state index in [9.17, 15) is 9.59 Å². The molecule has 5 rings (SSSR count). The van der Waals surface area contributed by atoms with E-state index in [-0.39, 0.29) is 17.6 Å². The Morgan fingerprint density at radius 3 is 2.29 bits per heavy atom. The van der Waals surface area contributed by atoms with Crippen LogP contribution in [0.25, 0.3) is 21.0 Å². The van der Waals surface area contributed by atoms with E-state index in [4.69, 9.17) is 13.9 Å². The fourth-order valence-corrected chi connectivity index (χ4v) is 4.89. The van der Waals surface area contributed by atoms with Crippen molar-refractivity contribution in [3.05, 3.63) is 65.9 Å². The normalized spacial score (nSPS) is 13.8. The predicted octanol–water partition coefficient (Wildman–Crippen LogP) is 4.17. The molecule has 174 valence electrons. The van der Waals surface area contributed by atoms with Gasteiger partial charge in [-0.05, 0) is 42.5 Å². The van der Waals surface area contributed by atoms with Crippen LogP contribution >= 0.6 is 11.3 Å². The molecule has 9 heteroatoms. The van der Waals surface area contributed by atoms with Crippen molar-refractivity contribution in [3.8, 4) is 22.3 Å². The van der Waals surface area contributed by atoms with Crippen LogP contribution in [0.1, 0.15) is 20.9 Å². The van der Waals surface area contributed by atoms with Gasteiger partial charge >= 0.3 is 0 Å². The van der Waals surface area contributed by atoms with Crippen LogP contribution in [-0.2, 0) is 0 Å². The lowest BCUT2D eigenvalue weighted by Crippen LogP contribution is -2.50. The van der Waals surface area contributed by atoms with Crippen LogP contribution in [0.5, 0.6) is 11.5 Å². The van der Waals surface area contributed by atoms with Gasteiger partial charge < -0.3 is 23.7 Å². The second kappa shape index (κ2) is 9.18. The number of hydrogen-bond acceptors (Lipinski definition) is 7. The quantitative estimate of drug-likeness (QED) is 0.429. The average molecular weight is 478 g/mol. The second-order valence-electron chi connectivity index (χ2n) is 7.80. The van der Waals surface area contributed by atoms with E-state index in [2.05, 4.69) is 4.98 Å². The van der Waals surface area contributed by atoms with E-state index in [1.165, 1.54) is 18.4 Å². The number of carbonyl (C=O) groups is 2. The molecule has 0 N–H and O–H groups in total. The Balaban J connectivity index is 1.24. The maximum Gasteiger partial charge on any atom is 0.289 e. The summed E-state index contributed by atoms with van der Waals surface area (Å²) >= 11 is 1.53. The number of methoxy groups -OCH3 is 2. The standard InChI is InChI=1S/C25H23N3O5S/c1-31-18-8-7-16(15-21(18)32-2)24(29)27-11-13-28(14-12-27)25(30)20-10-9-19(33-20)23-26-17-5-3-4-6-22(17)34-23/h3-10,15H,11-14H2,1-2H3. The fourth-order valence-electron chi connectivity index (χ4n) is 3.97. The molecule has 2 aromatic heterocycles. The van der Waals surface area contributed by atoms with E-state index >= 15 is 0 Å². The number of ether oxygens (including phenoxy) is 2. The van der Waals surface area contributed by atoms with Crippen molar-refractivity contribution in [2.24, 2.45) is 0 Å². The van der Waals surface area contributed by atoms with Gasteiger partial charge in [0.05, 0.1) is 24.4 Å². The zero-order valence-electron chi connectivity index (χ0n) is 18.8. The van der Waals surface area contributed by atoms with Crippen molar-refractivity contribution >= 4 is 33.4 Å². The number of thiazole rings is 1. The van der Waals surface area contributed by atoms with Crippen molar-refractivity contribution in [2.45, 2.75) is 0 Å². The number of fused-ring (bicyclic) bond motifs is 1. The van der Waals surface area contributed by atoms with Crippen LogP contribution < -0.4 is 9.47 Å². The summed E-state index contributed by atoms with van der Waals surface area (Å²) in [5.41, 5.74) is 1.42. The van der Waals surface area contributed by atoms with E-state index < -0.39 is 0 Å². The molecule has 0 aliphatic carbocycles. The minimum atomic E-state index is -0.189. The Morgan fingerprint density at radius 1 is 0.882 bits per heavy atom. The predicted molar refractivity (Wildman–Crippen MR) is 129 cm³/mol. The third-order valence-corrected chi connectivity index (χ3v) is 6.86. The molecule has 0 radical (unpaired) electrons. The molecular weight excluding hydrogens is 454 g/mol. The second-order valence-corrected chi connectivity index (χ2v) is 8.84. The Hall–Kier alpha value is -3.85. The molecule has 0 atom stereocenters. The van der Waals surface area contributed by atoms with Crippen LogP contribution in [0.4, 0.5) is 0 Å². The number of furan rings is 1. The highest BCUT2D eigenvalue weighted by molar-refractivity contribution is 7.21. The number of amides is 2. The molecule has 8 nitrogen and oxygen atoms in total. The number of rotatable bonds is 5. The summed E-state index contributed by atoms with van der Waals surface area (Å²) in [5, 5.41) is 0.741. The molecule has 2 aromatic carbocycles. The monoisotopic (exact) mass is 477 g/mol. The smallest absolute Gasteiger partial charge is 0.289 e. The number of nitrogens with zero attached hydrogens (tertiary/aromatic N) is 3. The van der Waals surface area contributed by atoms with Crippen LogP contribution in [0.15, 0.2) is 59.0 Å². The lowest BCUT2D eigenvalue weighted by Gasteiger charge is -2.34. The third kappa shape index (κ3) is 4.10. The Labute approximate surface area is 200 Å². The third-order valence-electron chi connectivity index (χ3n) is 5.81. The largest absolute Gasteiger partial charge is 0.493 e. The van der Waals surface area contributed by atoms with Gasteiger partial charge in [-0.15, -0.1) is 11.3 Å². The fraction of sp³-hybridized carbons (Fsp3) is 0.240. The highest BCUT2D eigenvalue weighted by atomic mass is 32.1. The first-order valence-electron chi connectivity index (χ1n) is 10.8. The molecule has 0 unspecified atom stereocenters. The zero-order valence-corrected chi connectivity index (χ0v) is 19.6. The average Bonchev–Trinajstić information content (AvgIpc) is 3.55. The van der Waals surface area contributed by atoms with Crippen LogP contribution in [0.3, 0.4) is 0 Å². The van der Waals surface area contributed by atoms with Crippen molar-refractivity contribution in [1.82, 2.24) is 14.8 Å². The SMILES string of the molecule is COc1ccc(C(=O)N2CCN(C(=O)c3ccc(-c4nc5ccccc5s4)o3)CC2)cc1OC. The minimum Gasteiger partial charge on any atom is -0.493 e. The van der Waals surface area contributed by atoms with Gasteiger partial charge in [0, 0.05) is 31.7 Å². The molecule has 0 saturated carbocycles. The molecule has 0 bridgehead atoms. The first-order valence-corrected chi connectivity index (χ1v) is 11.7. The number of carbonyl (C=O) groups excluding carboxylic acids is 2. The van der Waals surface area contributed by atoms with E-state index in [1.807, 2.05) is 24.3 Å². The van der Waals surface area contributed by atoms with Gasteiger partial charge in [0.15, 0.2) is 28.0 Å². The summed E-state index contributed by atoms with van der Waals surface area (Å²) in [6.07, 6.45) is 0. The lowest BCUT2D eigenvalue weighted by atomic mass is 10.1. The van der Waals surface area contributed by atoms with Gasteiger partial charge in [0.1, 0.15) is 0 Å². The highest BCUT2D eigenvalue weighted by Gasteiger charge is 2.28. The maximum atomic E-state index is 13.0. The first kappa shape index (κ1) is 22.0. The van der Waals surface area contributed by atoms with Crippen LogP contribution in [0.2, 0.25) is 0 Å². The Kier molecular flexibility index (Phi) is 5.93. The lowest BCUT2D eigenvalue weighted by molar-refractivity contribution is 0.0518. The molecule has 34 heavy (non-hydrogen) atoms. The van der Waals surface area contributed by atoms with Gasteiger partial charge in [-0.1, -0.05) is 12.1 Å². The number of hydrogen-bond donors (Lipinski definition) is 0. The molecule has 1 saturated heterocycles. The van der Waals surface area contributed by atoms with Gasteiger partial charge in [-0.3, -0.25) is 9.59 Å². The van der Waals surface area contributed by atoms with E-state index in [0.717, 1.165) is 15.2 Å². The van der Waals surface area contributed by atoms with Crippen molar-refractivity contribution in [1.29, 1.82) is 0 Å². The number of para-hydroxylation sites is 1. The maximum absolute atomic E-state index is 13.0. The molecule has 0 spiro atoms. The zero-order chi connectivity index (χ0) is 23.7. The molecular formula is C25H23N3O5S. The van der Waals surface area contributed by atoms with E-state index in [0.29, 0.717) is 49.0 Å².